The minimum atomic E-state index is -0.282. The van der Waals surface area contributed by atoms with E-state index >= 15 is 0 Å². The molecular weight excluding hydrogens is 390 g/mol. The van der Waals surface area contributed by atoms with Gasteiger partial charge in [-0.25, -0.2) is 4.98 Å². The Morgan fingerprint density at radius 2 is 2.13 bits per heavy atom. The number of H-pyrrole nitrogens is 1. The normalized spacial score (nSPS) is 14.8. The molecule has 3 N–H and O–H groups in total. The molecule has 0 amide bonds. The van der Waals surface area contributed by atoms with Crippen molar-refractivity contribution in [3.63, 3.8) is 0 Å². The topological polar surface area (TPSA) is 118 Å². The van der Waals surface area contributed by atoms with Gasteiger partial charge < -0.3 is 10.5 Å². The zero-order valence-corrected chi connectivity index (χ0v) is 17.5. The quantitative estimate of drug-likeness (QED) is 0.456. The number of pyridine rings is 1. The lowest BCUT2D eigenvalue weighted by atomic mass is 9.93. The Hall–Kier alpha value is -4.12. The molecule has 3 aromatic heterocycles. The van der Waals surface area contributed by atoms with Gasteiger partial charge in [-0.3, -0.25) is 9.78 Å². The van der Waals surface area contributed by atoms with Crippen LogP contribution in [0.4, 0.5) is 5.82 Å². The van der Waals surface area contributed by atoms with Crippen LogP contribution in [0.25, 0.3) is 22.4 Å². The maximum absolute atomic E-state index is 9.63. The summed E-state index contributed by atoms with van der Waals surface area (Å²) in [6, 6.07) is 10.3. The van der Waals surface area contributed by atoms with Crippen LogP contribution in [0, 0.1) is 18.3 Å². The van der Waals surface area contributed by atoms with Crippen LogP contribution < -0.4 is 10.5 Å². The highest BCUT2D eigenvalue weighted by molar-refractivity contribution is 5.75. The number of hydrogen-bond donors (Lipinski definition) is 2. The Balaban J connectivity index is 1.83. The molecule has 1 aliphatic rings. The summed E-state index contributed by atoms with van der Waals surface area (Å²) in [4.78, 5) is 4.32. The number of fused-ring (bicyclic) bond motifs is 7. The van der Waals surface area contributed by atoms with Crippen molar-refractivity contribution in [3.8, 4) is 34.2 Å². The van der Waals surface area contributed by atoms with Gasteiger partial charge in [0.05, 0.1) is 11.9 Å². The Bertz CT molecular complexity index is 1360. The summed E-state index contributed by atoms with van der Waals surface area (Å²) in [7, 11) is 1.93. The van der Waals surface area contributed by atoms with Gasteiger partial charge in [0.1, 0.15) is 12.2 Å². The monoisotopic (exact) mass is 411 g/mol. The molecule has 5 rings (SSSR count). The van der Waals surface area contributed by atoms with Crippen LogP contribution in [0.2, 0.25) is 0 Å². The molecule has 8 heteroatoms. The lowest BCUT2D eigenvalue weighted by Gasteiger charge is -2.22. The second-order valence-corrected chi connectivity index (χ2v) is 7.81. The van der Waals surface area contributed by atoms with E-state index in [0.29, 0.717) is 29.2 Å². The molecule has 154 valence electrons. The van der Waals surface area contributed by atoms with E-state index in [4.69, 9.17) is 10.5 Å². The first-order chi connectivity index (χ1) is 15.0. The number of benzene rings is 1. The fraction of sp³-hybridized carbons (Fsp3) is 0.217. The number of aromatic nitrogens is 5. The van der Waals surface area contributed by atoms with Crippen LogP contribution in [0.1, 0.15) is 41.1 Å². The lowest BCUT2D eigenvalue weighted by molar-refractivity contribution is 0.228. The predicted octanol–water partition coefficient (Wildman–Crippen LogP) is 3.68. The minimum absolute atomic E-state index is 0.282. The molecule has 1 aromatic carbocycles. The van der Waals surface area contributed by atoms with Gasteiger partial charge in [-0.15, -0.1) is 0 Å². The molecule has 1 atom stereocenters. The molecule has 8 nitrogen and oxygen atoms in total. The van der Waals surface area contributed by atoms with E-state index < -0.39 is 0 Å². The van der Waals surface area contributed by atoms with Crippen molar-refractivity contribution >= 4 is 5.82 Å². The average molecular weight is 411 g/mol. The van der Waals surface area contributed by atoms with Crippen molar-refractivity contribution in [3.05, 3.63) is 64.7 Å². The van der Waals surface area contributed by atoms with Crippen molar-refractivity contribution in [2.24, 2.45) is 7.05 Å². The average Bonchev–Trinajstić information content (AvgIpc) is 3.32. The van der Waals surface area contributed by atoms with Gasteiger partial charge in [0.25, 0.3) is 0 Å². The summed E-state index contributed by atoms with van der Waals surface area (Å²) in [5, 5.41) is 21.4. The standard InChI is InChI=1S/C23H21N7O/c1-12-4-5-16-17(6-12)13(2)31-20-8-14(10-26-23(20)25)21-18(28-29-19(21)9-24)7-15-11-27-30(3)22(15)16/h4-6,8,10-11,13H,7H2,1-3H3,(H2,25,26)(H,28,29). The SMILES string of the molecule is Cc1ccc2c(c1)C(C)Oc1cc(cnc1N)-c1c(C#N)n[nH]c1Cc1cnn(C)c1-2. The number of nitrogens with one attached hydrogen (secondary N) is 1. The van der Waals surface area contributed by atoms with Gasteiger partial charge in [-0.2, -0.15) is 15.5 Å². The lowest BCUT2D eigenvalue weighted by Crippen LogP contribution is -2.10. The second kappa shape index (κ2) is 6.99. The Kier molecular flexibility index (Phi) is 4.26. The number of nitrogens with two attached hydrogens (primary N) is 1. The smallest absolute Gasteiger partial charge is 0.170 e. The van der Waals surface area contributed by atoms with Crippen LogP contribution in [0.5, 0.6) is 5.75 Å². The molecule has 0 saturated heterocycles. The van der Waals surface area contributed by atoms with Gasteiger partial charge in [0.15, 0.2) is 17.3 Å². The number of aromatic amines is 1. The molecule has 2 bridgehead atoms. The highest BCUT2D eigenvalue weighted by Crippen LogP contribution is 2.39. The third kappa shape index (κ3) is 3.02. The summed E-state index contributed by atoms with van der Waals surface area (Å²) in [5.41, 5.74) is 13.9. The summed E-state index contributed by atoms with van der Waals surface area (Å²) < 4.78 is 8.18. The summed E-state index contributed by atoms with van der Waals surface area (Å²) in [6.45, 7) is 4.06. The zero-order valence-electron chi connectivity index (χ0n) is 17.5. The van der Waals surface area contributed by atoms with Crippen LogP contribution in [-0.4, -0.2) is 25.0 Å². The first kappa shape index (κ1) is 18.9. The Labute approximate surface area is 179 Å². The van der Waals surface area contributed by atoms with Crippen LogP contribution >= 0.6 is 0 Å². The maximum Gasteiger partial charge on any atom is 0.170 e. The predicted molar refractivity (Wildman–Crippen MR) is 116 cm³/mol. The van der Waals surface area contributed by atoms with Gasteiger partial charge in [0, 0.05) is 53.2 Å². The molecule has 0 spiro atoms. The van der Waals surface area contributed by atoms with Gasteiger partial charge in [-0.1, -0.05) is 23.8 Å². The summed E-state index contributed by atoms with van der Waals surface area (Å²) in [5.74, 6) is 0.769. The van der Waals surface area contributed by atoms with Crippen molar-refractivity contribution in [2.45, 2.75) is 26.4 Å². The number of anilines is 1. The van der Waals surface area contributed by atoms with E-state index in [1.54, 1.807) is 6.20 Å². The first-order valence-corrected chi connectivity index (χ1v) is 9.98. The third-order valence-corrected chi connectivity index (χ3v) is 5.70. The van der Waals surface area contributed by atoms with Crippen molar-refractivity contribution in [1.29, 1.82) is 5.26 Å². The van der Waals surface area contributed by atoms with E-state index in [1.165, 1.54) is 0 Å². The van der Waals surface area contributed by atoms with Gasteiger partial charge >= 0.3 is 0 Å². The van der Waals surface area contributed by atoms with Crippen LogP contribution in [-0.2, 0) is 13.5 Å². The second-order valence-electron chi connectivity index (χ2n) is 7.81. The first-order valence-electron chi connectivity index (χ1n) is 9.98. The molecule has 0 aliphatic carbocycles. The molecule has 31 heavy (non-hydrogen) atoms. The van der Waals surface area contributed by atoms with Crippen LogP contribution in [0.15, 0.2) is 36.7 Å². The van der Waals surface area contributed by atoms with E-state index in [2.05, 4.69) is 51.5 Å². The third-order valence-electron chi connectivity index (χ3n) is 5.70. The molecule has 4 heterocycles. The minimum Gasteiger partial charge on any atom is -0.482 e. The number of rotatable bonds is 0. The Morgan fingerprint density at radius 3 is 2.94 bits per heavy atom. The fourth-order valence-electron chi connectivity index (χ4n) is 4.22. The fourth-order valence-corrected chi connectivity index (χ4v) is 4.22. The molecule has 0 radical (unpaired) electrons. The molecule has 1 unspecified atom stereocenters. The number of aryl methyl sites for hydroxylation is 2. The highest BCUT2D eigenvalue weighted by atomic mass is 16.5. The van der Waals surface area contributed by atoms with Crippen molar-refractivity contribution < 1.29 is 4.74 Å². The number of nitrogens with zero attached hydrogens (tertiary/aromatic N) is 5. The number of nitriles is 1. The largest absolute Gasteiger partial charge is 0.482 e. The van der Waals surface area contributed by atoms with E-state index in [0.717, 1.165) is 39.2 Å². The van der Waals surface area contributed by atoms with Gasteiger partial charge in [0.2, 0.25) is 0 Å². The highest BCUT2D eigenvalue weighted by Gasteiger charge is 2.24. The molecule has 4 aromatic rings. The number of nitrogen functional groups attached to an aromatic ring is 1. The Morgan fingerprint density at radius 1 is 1.29 bits per heavy atom. The van der Waals surface area contributed by atoms with E-state index in [9.17, 15) is 5.26 Å². The van der Waals surface area contributed by atoms with Crippen molar-refractivity contribution in [1.82, 2.24) is 25.0 Å². The maximum atomic E-state index is 9.63. The summed E-state index contributed by atoms with van der Waals surface area (Å²) >= 11 is 0. The van der Waals surface area contributed by atoms with E-state index in [-0.39, 0.29) is 6.10 Å². The van der Waals surface area contributed by atoms with Gasteiger partial charge in [-0.05, 0) is 19.9 Å². The zero-order chi connectivity index (χ0) is 21.7. The molecular formula is C23H21N7O. The van der Waals surface area contributed by atoms with E-state index in [1.807, 2.05) is 30.9 Å². The molecule has 0 saturated carbocycles. The van der Waals surface area contributed by atoms with Crippen LogP contribution in [0.3, 0.4) is 0 Å². The molecule has 0 fully saturated rings. The number of hydrogen-bond acceptors (Lipinski definition) is 6. The summed E-state index contributed by atoms with van der Waals surface area (Å²) in [6.07, 6.45) is 3.76. The van der Waals surface area contributed by atoms with Crippen molar-refractivity contribution in [2.75, 3.05) is 5.73 Å². The number of ether oxygens (including phenoxy) is 1. The molecule has 1 aliphatic heterocycles.